The number of anilines is 5. The van der Waals surface area contributed by atoms with Crippen LogP contribution >= 0.6 is 0 Å². The summed E-state index contributed by atoms with van der Waals surface area (Å²) in [5.74, 6) is -0.000492. The number of carbonyl (C=O) groups is 2. The van der Waals surface area contributed by atoms with Crippen molar-refractivity contribution in [1.82, 2.24) is 9.97 Å². The molecule has 0 saturated carbocycles. The highest BCUT2D eigenvalue weighted by Gasteiger charge is 2.14. The van der Waals surface area contributed by atoms with E-state index in [2.05, 4.69) is 20.6 Å². The number of carbonyl (C=O) groups excluding carboxylic acids is 2. The van der Waals surface area contributed by atoms with Crippen molar-refractivity contribution in [2.45, 2.75) is 13.8 Å². The van der Waals surface area contributed by atoms with Gasteiger partial charge in [-0.05, 0) is 62.4 Å². The topological polar surface area (TPSA) is 147 Å². The summed E-state index contributed by atoms with van der Waals surface area (Å²) in [6.07, 6.45) is 1.06. The number of nitrogens with one attached hydrogen (secondary N) is 2. The summed E-state index contributed by atoms with van der Waals surface area (Å²) in [6.45, 7) is 5.12. The normalized spacial score (nSPS) is 11.4. The van der Waals surface area contributed by atoms with E-state index >= 15 is 0 Å². The van der Waals surface area contributed by atoms with E-state index in [0.717, 1.165) is 6.20 Å². The molecule has 3 aromatic carbocycles. The maximum Gasteiger partial charge on any atom is 0.338 e. The Labute approximate surface area is 241 Å². The van der Waals surface area contributed by atoms with Crippen LogP contribution in [0.5, 0.6) is 11.5 Å². The minimum Gasteiger partial charge on any atom is -0.486 e. The van der Waals surface area contributed by atoms with Crippen LogP contribution in [0.1, 0.15) is 34.6 Å². The Morgan fingerprint density at radius 1 is 0.857 bits per heavy atom. The fraction of sp³-hybridized carbons (Fsp3) is 0.200. The summed E-state index contributed by atoms with van der Waals surface area (Å²) in [4.78, 5) is 31.2. The van der Waals surface area contributed by atoms with Gasteiger partial charge in [0.2, 0.25) is 5.95 Å². The SMILES string of the molecule is CCOC(=O)c1cccc(N)c1.CCOC(=O)c1cccc(Nc2ncc(F)c(Nc3ccc4c(c3)OCCO4)n2)c1. The molecule has 11 nitrogen and oxygen atoms in total. The second-order valence-corrected chi connectivity index (χ2v) is 8.65. The Hall–Kier alpha value is -5.39. The summed E-state index contributed by atoms with van der Waals surface area (Å²) in [5.41, 5.74) is 8.10. The zero-order valence-electron chi connectivity index (χ0n) is 23.1. The standard InChI is InChI=1S/C21H19FN4O4.C9H11NO2/c1-2-28-20(27)13-4-3-5-14(10-13)25-21-23-12-16(22)19(26-21)24-15-6-7-17-18(11-15)30-9-8-29-17;1-2-12-9(11)7-4-3-5-8(10)6-7/h3-7,10-12H,2,8-9H2,1H3,(H2,23,24,25,26);3-6H,2,10H2,1H3. The lowest BCUT2D eigenvalue weighted by molar-refractivity contribution is 0.0517. The summed E-state index contributed by atoms with van der Waals surface area (Å²) in [5, 5.41) is 5.88. The van der Waals surface area contributed by atoms with E-state index in [-0.39, 0.29) is 24.3 Å². The van der Waals surface area contributed by atoms with Crippen molar-refractivity contribution in [2.75, 3.05) is 42.8 Å². The number of nitrogens with two attached hydrogens (primary N) is 1. The zero-order chi connectivity index (χ0) is 29.9. The molecule has 0 atom stereocenters. The number of esters is 2. The van der Waals surface area contributed by atoms with Crippen LogP contribution in [0, 0.1) is 5.82 Å². The molecule has 0 bridgehead atoms. The molecule has 4 N–H and O–H groups in total. The summed E-state index contributed by atoms with van der Waals surface area (Å²) in [7, 11) is 0. The molecule has 0 aliphatic carbocycles. The highest BCUT2D eigenvalue weighted by Crippen LogP contribution is 2.33. The average molecular weight is 576 g/mol. The summed E-state index contributed by atoms with van der Waals surface area (Å²) in [6, 6.07) is 18.6. The van der Waals surface area contributed by atoms with Crippen LogP contribution in [0.4, 0.5) is 33.2 Å². The van der Waals surface area contributed by atoms with Gasteiger partial charge in [0, 0.05) is 23.1 Å². The molecule has 42 heavy (non-hydrogen) atoms. The second-order valence-electron chi connectivity index (χ2n) is 8.65. The number of hydrogen-bond donors (Lipinski definition) is 3. The van der Waals surface area contributed by atoms with E-state index in [1.165, 1.54) is 0 Å². The summed E-state index contributed by atoms with van der Waals surface area (Å²) >= 11 is 0. The van der Waals surface area contributed by atoms with Crippen molar-refractivity contribution >= 4 is 40.8 Å². The van der Waals surface area contributed by atoms with Crippen molar-refractivity contribution in [3.05, 3.63) is 89.9 Å². The maximum absolute atomic E-state index is 14.3. The van der Waals surface area contributed by atoms with Gasteiger partial charge in [0.1, 0.15) is 13.2 Å². The quantitative estimate of drug-likeness (QED) is 0.181. The third-order valence-corrected chi connectivity index (χ3v) is 5.58. The van der Waals surface area contributed by atoms with Gasteiger partial charge in [0.15, 0.2) is 23.1 Å². The molecule has 0 saturated heterocycles. The molecule has 0 unspecified atom stereocenters. The lowest BCUT2D eigenvalue weighted by Gasteiger charge is -2.19. The van der Waals surface area contributed by atoms with E-state index in [1.54, 1.807) is 80.6 Å². The van der Waals surface area contributed by atoms with Gasteiger partial charge < -0.3 is 35.3 Å². The lowest BCUT2D eigenvalue weighted by Crippen LogP contribution is -2.15. The van der Waals surface area contributed by atoms with Gasteiger partial charge in [-0.2, -0.15) is 4.98 Å². The van der Waals surface area contributed by atoms with Gasteiger partial charge in [0.05, 0.1) is 30.5 Å². The number of benzene rings is 3. The van der Waals surface area contributed by atoms with Crippen molar-refractivity contribution in [2.24, 2.45) is 0 Å². The highest BCUT2D eigenvalue weighted by atomic mass is 19.1. The number of aromatic nitrogens is 2. The zero-order valence-corrected chi connectivity index (χ0v) is 23.1. The Morgan fingerprint density at radius 3 is 2.19 bits per heavy atom. The molecule has 0 radical (unpaired) electrons. The predicted octanol–water partition coefficient (Wildman–Crippen LogP) is 5.50. The van der Waals surface area contributed by atoms with Gasteiger partial charge >= 0.3 is 11.9 Å². The molecule has 0 amide bonds. The Bertz CT molecular complexity index is 1550. The van der Waals surface area contributed by atoms with Crippen LogP contribution in [0.3, 0.4) is 0 Å². The molecule has 1 aliphatic rings. The third kappa shape index (κ3) is 8.07. The number of rotatable bonds is 8. The van der Waals surface area contributed by atoms with Gasteiger partial charge in [0.25, 0.3) is 0 Å². The van der Waals surface area contributed by atoms with Crippen LogP contribution in [0.2, 0.25) is 0 Å². The Morgan fingerprint density at radius 2 is 1.50 bits per heavy atom. The molecule has 2 heterocycles. The average Bonchev–Trinajstić information content (AvgIpc) is 2.99. The van der Waals surface area contributed by atoms with Gasteiger partial charge in [-0.3, -0.25) is 0 Å². The molecule has 5 rings (SSSR count). The molecule has 1 aliphatic heterocycles. The van der Waals surface area contributed by atoms with E-state index < -0.39 is 11.8 Å². The largest absolute Gasteiger partial charge is 0.486 e. The van der Waals surface area contributed by atoms with Crippen LogP contribution in [-0.2, 0) is 9.47 Å². The molecular weight excluding hydrogens is 545 g/mol. The number of fused-ring (bicyclic) bond motifs is 1. The number of halogens is 1. The molecular formula is C30H30FN5O6. The number of ether oxygens (including phenoxy) is 4. The van der Waals surface area contributed by atoms with Crippen molar-refractivity contribution in [3.8, 4) is 11.5 Å². The van der Waals surface area contributed by atoms with Crippen LogP contribution < -0.4 is 25.8 Å². The first kappa shape index (κ1) is 29.6. The van der Waals surface area contributed by atoms with E-state index in [4.69, 9.17) is 24.7 Å². The molecule has 1 aromatic heterocycles. The number of nitrogens with zero attached hydrogens (tertiary/aromatic N) is 2. The second kappa shape index (κ2) is 14.3. The molecule has 218 valence electrons. The first-order valence-corrected chi connectivity index (χ1v) is 13.1. The Balaban J connectivity index is 0.000000283. The Kier molecular flexibility index (Phi) is 10.1. The number of hydrogen-bond acceptors (Lipinski definition) is 11. The molecule has 0 fully saturated rings. The molecule has 0 spiro atoms. The smallest absolute Gasteiger partial charge is 0.338 e. The third-order valence-electron chi connectivity index (χ3n) is 5.58. The van der Waals surface area contributed by atoms with Crippen LogP contribution in [0.25, 0.3) is 0 Å². The summed E-state index contributed by atoms with van der Waals surface area (Å²) < 4.78 is 35.1. The van der Waals surface area contributed by atoms with E-state index in [0.29, 0.717) is 59.5 Å². The van der Waals surface area contributed by atoms with Crippen molar-refractivity contribution < 1.29 is 32.9 Å². The van der Waals surface area contributed by atoms with Crippen molar-refractivity contribution in [3.63, 3.8) is 0 Å². The van der Waals surface area contributed by atoms with Gasteiger partial charge in [-0.25, -0.2) is 19.0 Å². The number of nitrogen functional groups attached to an aromatic ring is 1. The van der Waals surface area contributed by atoms with Gasteiger partial charge in [-0.1, -0.05) is 12.1 Å². The fourth-order valence-electron chi connectivity index (χ4n) is 3.72. The highest BCUT2D eigenvalue weighted by molar-refractivity contribution is 5.91. The molecule has 4 aromatic rings. The minimum absolute atomic E-state index is 0.00859. The lowest BCUT2D eigenvalue weighted by atomic mass is 10.2. The van der Waals surface area contributed by atoms with E-state index in [9.17, 15) is 14.0 Å². The van der Waals surface area contributed by atoms with E-state index in [1.807, 2.05) is 0 Å². The monoisotopic (exact) mass is 575 g/mol. The first-order chi connectivity index (χ1) is 20.4. The first-order valence-electron chi connectivity index (χ1n) is 13.1. The van der Waals surface area contributed by atoms with Crippen molar-refractivity contribution in [1.29, 1.82) is 0 Å². The minimum atomic E-state index is -0.615. The molecule has 12 heteroatoms. The van der Waals surface area contributed by atoms with Gasteiger partial charge in [-0.15, -0.1) is 0 Å². The van der Waals surface area contributed by atoms with Crippen LogP contribution in [0.15, 0.2) is 72.9 Å². The maximum atomic E-state index is 14.3. The van der Waals surface area contributed by atoms with Crippen LogP contribution in [-0.4, -0.2) is 48.3 Å². The predicted molar refractivity (Wildman–Crippen MR) is 155 cm³/mol. The fourth-order valence-corrected chi connectivity index (χ4v) is 3.72.